The second kappa shape index (κ2) is 12.5. The number of halogens is 1. The first-order chi connectivity index (χ1) is 16.5. The van der Waals surface area contributed by atoms with Gasteiger partial charge in [-0.2, -0.15) is 0 Å². The van der Waals surface area contributed by atoms with E-state index in [2.05, 4.69) is 4.90 Å². The number of hydrogen-bond acceptors (Lipinski definition) is 6. The van der Waals surface area contributed by atoms with Crippen LogP contribution in [-0.2, 0) is 0 Å². The maximum absolute atomic E-state index is 13.6. The van der Waals surface area contributed by atoms with Crippen LogP contribution >= 0.6 is 23.7 Å². The number of aromatic nitrogens is 1. The van der Waals surface area contributed by atoms with Crippen LogP contribution in [-0.4, -0.2) is 49.6 Å². The molecule has 6 nitrogen and oxygen atoms in total. The zero-order valence-electron chi connectivity index (χ0n) is 20.1. The topological polar surface area (TPSA) is 54.9 Å². The summed E-state index contributed by atoms with van der Waals surface area (Å²) in [6, 6.07) is 22.7. The number of para-hydroxylation sites is 2. The fourth-order valence-electron chi connectivity index (χ4n) is 3.57. The van der Waals surface area contributed by atoms with Gasteiger partial charge in [0.1, 0.15) is 22.8 Å². The van der Waals surface area contributed by atoms with E-state index in [1.165, 1.54) is 11.3 Å². The molecule has 0 atom stereocenters. The van der Waals surface area contributed by atoms with Crippen LogP contribution in [0, 0.1) is 0 Å². The Balaban J connectivity index is 0.00000342. The highest BCUT2D eigenvalue weighted by atomic mass is 35.5. The number of fused-ring (bicyclic) bond motifs is 1. The van der Waals surface area contributed by atoms with Gasteiger partial charge in [0, 0.05) is 12.1 Å². The molecule has 0 saturated carbocycles. The Morgan fingerprint density at radius 3 is 2.31 bits per heavy atom. The van der Waals surface area contributed by atoms with Gasteiger partial charge in [0.05, 0.1) is 11.3 Å². The average molecular weight is 512 g/mol. The Morgan fingerprint density at radius 1 is 0.914 bits per heavy atom. The summed E-state index contributed by atoms with van der Waals surface area (Å²) in [4.78, 5) is 22.3. The van der Waals surface area contributed by atoms with Crippen molar-refractivity contribution in [1.29, 1.82) is 0 Å². The molecule has 1 aromatic heterocycles. The molecule has 0 spiro atoms. The Morgan fingerprint density at radius 2 is 1.63 bits per heavy atom. The molecular formula is C27H30ClN3O3S. The zero-order valence-corrected chi connectivity index (χ0v) is 21.8. The molecule has 0 bridgehead atoms. The minimum Gasteiger partial charge on any atom is -0.492 e. The summed E-state index contributed by atoms with van der Waals surface area (Å²) < 4.78 is 12.6. The lowest BCUT2D eigenvalue weighted by Crippen LogP contribution is -2.33. The van der Waals surface area contributed by atoms with Crippen molar-refractivity contribution < 1.29 is 14.3 Å². The van der Waals surface area contributed by atoms with Gasteiger partial charge in [-0.05, 0) is 82.5 Å². The predicted octanol–water partition coefficient (Wildman–Crippen LogP) is 6.51. The van der Waals surface area contributed by atoms with Crippen LogP contribution in [0.1, 0.15) is 23.7 Å². The Kier molecular flexibility index (Phi) is 9.48. The summed E-state index contributed by atoms with van der Waals surface area (Å²) >= 11 is 1.51. The molecular weight excluding hydrogens is 482 g/mol. The largest absolute Gasteiger partial charge is 0.492 e. The van der Waals surface area contributed by atoms with Crippen molar-refractivity contribution in [3.05, 3.63) is 78.4 Å². The maximum Gasteiger partial charge on any atom is 0.260 e. The van der Waals surface area contributed by atoms with Gasteiger partial charge in [-0.15, -0.1) is 12.4 Å². The maximum atomic E-state index is 13.6. The van der Waals surface area contributed by atoms with Crippen LogP contribution in [0.3, 0.4) is 0 Å². The van der Waals surface area contributed by atoms with Gasteiger partial charge in [0.25, 0.3) is 5.91 Å². The molecule has 0 saturated heterocycles. The molecule has 0 aliphatic heterocycles. The van der Waals surface area contributed by atoms with Crippen LogP contribution in [0.5, 0.6) is 17.2 Å². The summed E-state index contributed by atoms with van der Waals surface area (Å²) in [7, 11) is 4.06. The first kappa shape index (κ1) is 26.5. The van der Waals surface area contributed by atoms with Crippen molar-refractivity contribution in [2.24, 2.45) is 0 Å². The average Bonchev–Trinajstić information content (AvgIpc) is 3.28. The van der Waals surface area contributed by atoms with Crippen LogP contribution in [0.4, 0.5) is 5.13 Å². The van der Waals surface area contributed by atoms with Crippen molar-refractivity contribution >= 4 is 45.0 Å². The lowest BCUT2D eigenvalue weighted by atomic mass is 10.2. The molecule has 4 aromatic rings. The highest BCUT2D eigenvalue weighted by Gasteiger charge is 2.22. The zero-order chi connectivity index (χ0) is 23.9. The van der Waals surface area contributed by atoms with Crippen LogP contribution in [0.25, 0.3) is 10.2 Å². The third kappa shape index (κ3) is 6.72. The number of amides is 1. The molecule has 4 rings (SSSR count). The number of carbonyl (C=O) groups is 1. The van der Waals surface area contributed by atoms with Gasteiger partial charge >= 0.3 is 0 Å². The SMILES string of the molecule is CCOc1cccc2sc(N(CCCN(C)C)C(=O)c3ccc(Oc4ccccc4)cc3)nc12.Cl. The minimum absolute atomic E-state index is 0. The van der Waals surface area contributed by atoms with Crippen LogP contribution in [0.2, 0.25) is 0 Å². The number of rotatable bonds is 10. The van der Waals surface area contributed by atoms with E-state index in [1.807, 2.05) is 81.7 Å². The number of thiazole rings is 1. The number of anilines is 1. The fraction of sp³-hybridized carbons (Fsp3) is 0.259. The first-order valence-corrected chi connectivity index (χ1v) is 12.2. The lowest BCUT2D eigenvalue weighted by molar-refractivity contribution is 0.0986. The molecule has 35 heavy (non-hydrogen) atoms. The van der Waals surface area contributed by atoms with Crippen LogP contribution in [0.15, 0.2) is 72.8 Å². The minimum atomic E-state index is -0.0815. The summed E-state index contributed by atoms with van der Waals surface area (Å²) in [5.74, 6) is 2.10. The molecule has 3 aromatic carbocycles. The summed E-state index contributed by atoms with van der Waals surface area (Å²) in [5.41, 5.74) is 1.39. The summed E-state index contributed by atoms with van der Waals surface area (Å²) in [6.45, 7) is 3.97. The van der Waals surface area contributed by atoms with Gasteiger partial charge in [-0.25, -0.2) is 4.98 Å². The van der Waals surface area contributed by atoms with Gasteiger partial charge < -0.3 is 14.4 Å². The third-order valence-electron chi connectivity index (χ3n) is 5.21. The van der Waals surface area contributed by atoms with Crippen molar-refractivity contribution in [2.45, 2.75) is 13.3 Å². The molecule has 0 aliphatic carbocycles. The monoisotopic (exact) mass is 511 g/mol. The quantitative estimate of drug-likeness (QED) is 0.243. The van der Waals surface area contributed by atoms with E-state index in [4.69, 9.17) is 14.5 Å². The Hall–Kier alpha value is -3.13. The van der Waals surface area contributed by atoms with E-state index in [1.54, 1.807) is 17.0 Å². The van der Waals surface area contributed by atoms with E-state index in [-0.39, 0.29) is 18.3 Å². The van der Waals surface area contributed by atoms with Gasteiger partial charge in [-0.1, -0.05) is 35.6 Å². The lowest BCUT2D eigenvalue weighted by Gasteiger charge is -2.21. The molecule has 8 heteroatoms. The molecule has 0 unspecified atom stereocenters. The van der Waals surface area contributed by atoms with Crippen molar-refractivity contribution in [1.82, 2.24) is 9.88 Å². The van der Waals surface area contributed by atoms with Gasteiger partial charge in [-0.3, -0.25) is 9.69 Å². The number of carbonyl (C=O) groups excluding carboxylic acids is 1. The van der Waals surface area contributed by atoms with Crippen molar-refractivity contribution in [3.63, 3.8) is 0 Å². The predicted molar refractivity (Wildman–Crippen MR) is 146 cm³/mol. The summed E-state index contributed by atoms with van der Waals surface area (Å²) in [6.07, 6.45) is 0.836. The van der Waals surface area contributed by atoms with E-state index >= 15 is 0 Å². The van der Waals surface area contributed by atoms with E-state index in [0.717, 1.165) is 34.7 Å². The molecule has 0 N–H and O–H groups in total. The number of nitrogens with zero attached hydrogens (tertiary/aromatic N) is 3. The summed E-state index contributed by atoms with van der Waals surface area (Å²) in [5, 5.41) is 0.676. The molecule has 184 valence electrons. The Labute approximate surface area is 216 Å². The molecule has 1 heterocycles. The number of ether oxygens (including phenoxy) is 2. The van der Waals surface area contributed by atoms with Gasteiger partial charge in [0.15, 0.2) is 5.13 Å². The van der Waals surface area contributed by atoms with Crippen molar-refractivity contribution in [3.8, 4) is 17.2 Å². The number of hydrogen-bond donors (Lipinski definition) is 0. The number of benzene rings is 3. The highest BCUT2D eigenvalue weighted by molar-refractivity contribution is 7.22. The Bertz CT molecular complexity index is 1230. The van der Waals surface area contributed by atoms with Crippen molar-refractivity contribution in [2.75, 3.05) is 38.7 Å². The third-order valence-corrected chi connectivity index (χ3v) is 6.26. The fourth-order valence-corrected chi connectivity index (χ4v) is 4.58. The normalized spacial score (nSPS) is 10.7. The van der Waals surface area contributed by atoms with E-state index in [9.17, 15) is 4.79 Å². The second-order valence-electron chi connectivity index (χ2n) is 8.09. The molecule has 0 aliphatic rings. The second-order valence-corrected chi connectivity index (χ2v) is 9.09. The van der Waals surface area contributed by atoms with Gasteiger partial charge in [0.2, 0.25) is 0 Å². The van der Waals surface area contributed by atoms with E-state index in [0.29, 0.717) is 29.6 Å². The molecule has 0 radical (unpaired) electrons. The standard InChI is InChI=1S/C27H29N3O3S.ClH/c1-4-32-23-12-8-13-24-25(23)28-27(34-24)30(19-9-18-29(2)3)26(31)20-14-16-22(17-15-20)33-21-10-6-5-7-11-21;/h5-8,10-17H,4,9,18-19H2,1-3H3;1H. The highest BCUT2D eigenvalue weighted by Crippen LogP contribution is 2.35. The van der Waals surface area contributed by atoms with Crippen LogP contribution < -0.4 is 14.4 Å². The first-order valence-electron chi connectivity index (χ1n) is 11.4. The smallest absolute Gasteiger partial charge is 0.260 e. The molecule has 0 fully saturated rings. The van der Waals surface area contributed by atoms with E-state index < -0.39 is 0 Å². The molecule has 1 amide bonds.